The van der Waals surface area contributed by atoms with E-state index < -0.39 is 35.2 Å². The number of rotatable bonds is 17. The van der Waals surface area contributed by atoms with Crippen molar-refractivity contribution in [1.82, 2.24) is 20.6 Å². The van der Waals surface area contributed by atoms with Crippen LogP contribution in [0.2, 0.25) is 0 Å². The Morgan fingerprint density at radius 1 is 0.957 bits per heavy atom. The van der Waals surface area contributed by atoms with E-state index >= 15 is 0 Å². The number of nitrogens with two attached hydrogens (primary N) is 2. The number of Topliss-reactive ketones (excluding diaryl/α,β-unsaturated/α-hetero) is 1. The summed E-state index contributed by atoms with van der Waals surface area (Å²) in [5.74, 6) is -2.25. The lowest BCUT2D eigenvalue weighted by Gasteiger charge is -2.34. The van der Waals surface area contributed by atoms with Crippen LogP contribution in [0.3, 0.4) is 0 Å². The van der Waals surface area contributed by atoms with Crippen molar-refractivity contribution in [3.63, 3.8) is 0 Å². The molecule has 243 valence electrons. The topological polar surface area (TPSA) is 190 Å². The van der Waals surface area contributed by atoms with Gasteiger partial charge in [-0.05, 0) is 37.8 Å². The van der Waals surface area contributed by atoms with Crippen LogP contribution in [0.1, 0.15) is 89.8 Å². The van der Waals surface area contributed by atoms with Crippen LogP contribution in [-0.2, 0) is 20.8 Å². The van der Waals surface area contributed by atoms with Gasteiger partial charge in [0.2, 0.25) is 18.1 Å². The Bertz CT molecular complexity index is 1470. The molecule has 1 aliphatic carbocycles. The fourth-order valence-electron chi connectivity index (χ4n) is 5.98. The molecule has 3 atom stereocenters. The van der Waals surface area contributed by atoms with Crippen LogP contribution in [0, 0.1) is 5.92 Å². The smallest absolute Gasteiger partial charge is 0.244 e. The fourth-order valence-corrected chi connectivity index (χ4v) is 5.98. The highest BCUT2D eigenvalue weighted by Gasteiger charge is 2.45. The number of aromatic amines is 1. The molecule has 1 heterocycles. The Hall–Kier alpha value is -4.48. The molecule has 0 aliphatic heterocycles. The van der Waals surface area contributed by atoms with E-state index in [2.05, 4.69) is 20.6 Å². The fraction of sp³-hybridized carbons (Fsp3) is 0.429. The summed E-state index contributed by atoms with van der Waals surface area (Å²) in [5.41, 5.74) is 10.9. The Balaban J connectivity index is 1.64. The van der Waals surface area contributed by atoms with Gasteiger partial charge >= 0.3 is 0 Å². The zero-order valence-corrected chi connectivity index (χ0v) is 26.0. The van der Waals surface area contributed by atoms with Gasteiger partial charge in [0.25, 0.3) is 0 Å². The monoisotopic (exact) mass is 627 g/mol. The molecule has 11 heteroatoms. The molecule has 0 unspecified atom stereocenters. The van der Waals surface area contributed by atoms with E-state index in [4.69, 9.17) is 11.5 Å². The number of aromatic nitrogens is 2. The summed E-state index contributed by atoms with van der Waals surface area (Å²) in [6.07, 6.45) is 11.3. The second-order valence-corrected chi connectivity index (χ2v) is 12.0. The zero-order chi connectivity index (χ0) is 32.9. The molecule has 1 fully saturated rings. The van der Waals surface area contributed by atoms with Crippen LogP contribution in [0.25, 0.3) is 0 Å². The standard InChI is InChI=1S/C35H43N6O5/c36-17-8-7-16-29(37)33(45)40-30(19-28-21-38-23-39-28)34(46)41-35(22-42,20-24-10-3-1-4-11-24)32(44)27-15-9-14-26(18-27)31(43)25-12-5-2-6-13-25/h2,5-6,9,12-15,18,21,23-24,29-30H,1,3-4,7-8,10-11,16-17,19-20,36-37H2,(H,38,39)(H,40,45)(H,41,46)/t29-,30-,35-/m0/s1. The first kappa shape index (κ1) is 34.4. The van der Waals surface area contributed by atoms with Gasteiger partial charge in [-0.1, -0.05) is 87.1 Å². The van der Waals surface area contributed by atoms with Crippen LogP contribution in [0.15, 0.2) is 67.1 Å². The lowest BCUT2D eigenvalue weighted by molar-refractivity contribution is -0.130. The first-order valence-electron chi connectivity index (χ1n) is 16.0. The lowest BCUT2D eigenvalue weighted by atomic mass is 9.76. The summed E-state index contributed by atoms with van der Waals surface area (Å²) in [4.78, 5) is 74.5. The van der Waals surface area contributed by atoms with E-state index in [1.807, 2.05) is 6.29 Å². The number of hydrogen-bond acceptors (Lipinski definition) is 8. The van der Waals surface area contributed by atoms with Crippen LogP contribution >= 0.6 is 0 Å². The van der Waals surface area contributed by atoms with E-state index in [0.29, 0.717) is 37.1 Å². The minimum atomic E-state index is -2.05. The highest BCUT2D eigenvalue weighted by atomic mass is 16.2. The molecule has 1 radical (unpaired) electrons. The molecule has 0 bridgehead atoms. The summed E-state index contributed by atoms with van der Waals surface area (Å²) in [5, 5.41) is 5.41. The minimum Gasteiger partial charge on any atom is -0.351 e. The molecule has 11 nitrogen and oxygen atoms in total. The maximum absolute atomic E-state index is 14.3. The number of nitrogens with zero attached hydrogens (tertiary/aromatic N) is 1. The number of unbranched alkanes of at least 4 members (excludes halogenated alkanes) is 1. The molecule has 0 spiro atoms. The zero-order valence-electron chi connectivity index (χ0n) is 26.0. The number of carbonyl (C=O) groups is 4. The van der Waals surface area contributed by atoms with Gasteiger partial charge in [-0.25, -0.2) is 4.98 Å². The molecular weight excluding hydrogens is 584 g/mol. The van der Waals surface area contributed by atoms with Crippen molar-refractivity contribution < 1.29 is 24.0 Å². The summed E-state index contributed by atoms with van der Waals surface area (Å²) < 4.78 is 0. The highest BCUT2D eigenvalue weighted by molar-refractivity contribution is 6.16. The average molecular weight is 628 g/mol. The normalized spacial score (nSPS) is 16.0. The summed E-state index contributed by atoms with van der Waals surface area (Å²) in [7, 11) is 0. The average Bonchev–Trinajstić information content (AvgIpc) is 3.61. The minimum absolute atomic E-state index is 0.00971. The van der Waals surface area contributed by atoms with Crippen molar-refractivity contribution in [2.45, 2.75) is 81.8 Å². The first-order valence-corrected chi connectivity index (χ1v) is 16.0. The van der Waals surface area contributed by atoms with Gasteiger partial charge in [0.1, 0.15) is 6.04 Å². The van der Waals surface area contributed by atoms with E-state index in [0.717, 1.165) is 32.1 Å². The number of nitrogens with one attached hydrogen (secondary N) is 3. The number of benzene rings is 2. The third-order valence-corrected chi connectivity index (χ3v) is 8.55. The second kappa shape index (κ2) is 16.7. The Morgan fingerprint density at radius 2 is 1.67 bits per heavy atom. The van der Waals surface area contributed by atoms with E-state index in [1.165, 1.54) is 18.5 Å². The second-order valence-electron chi connectivity index (χ2n) is 12.0. The van der Waals surface area contributed by atoms with Gasteiger partial charge in [-0.2, -0.15) is 0 Å². The Morgan fingerprint density at radius 3 is 2.35 bits per heavy atom. The maximum Gasteiger partial charge on any atom is 0.244 e. The number of ketones is 2. The summed E-state index contributed by atoms with van der Waals surface area (Å²) in [6.45, 7) is 0.473. The molecule has 1 saturated carbocycles. The predicted octanol–water partition coefficient (Wildman–Crippen LogP) is 2.94. The van der Waals surface area contributed by atoms with E-state index in [1.54, 1.807) is 48.7 Å². The third kappa shape index (κ3) is 9.04. The molecule has 2 amide bonds. The van der Waals surface area contributed by atoms with Gasteiger partial charge in [-0.3, -0.25) is 24.0 Å². The van der Waals surface area contributed by atoms with Crippen LogP contribution in [0.4, 0.5) is 0 Å². The summed E-state index contributed by atoms with van der Waals surface area (Å²) in [6, 6.07) is 12.7. The van der Waals surface area contributed by atoms with Gasteiger partial charge in [0, 0.05) is 29.3 Å². The van der Waals surface area contributed by atoms with Crippen molar-refractivity contribution in [3.05, 3.63) is 89.5 Å². The van der Waals surface area contributed by atoms with E-state index in [9.17, 15) is 24.0 Å². The molecular formula is C35H43N6O5. The number of hydrogen-bond donors (Lipinski definition) is 5. The molecule has 1 aromatic heterocycles. The Kier molecular flexibility index (Phi) is 12.5. The first-order chi connectivity index (χ1) is 22.3. The van der Waals surface area contributed by atoms with Gasteiger partial charge in [0.15, 0.2) is 17.1 Å². The molecule has 2 aromatic carbocycles. The molecule has 3 aromatic rings. The molecule has 7 N–H and O–H groups in total. The van der Waals surface area contributed by atoms with Crippen molar-refractivity contribution in [1.29, 1.82) is 0 Å². The molecule has 1 aliphatic rings. The third-order valence-electron chi connectivity index (χ3n) is 8.55. The van der Waals surface area contributed by atoms with Gasteiger partial charge in [0.05, 0.1) is 18.1 Å². The number of amides is 2. The van der Waals surface area contributed by atoms with Gasteiger partial charge in [-0.15, -0.1) is 0 Å². The number of imidazole rings is 1. The molecule has 4 rings (SSSR count). The van der Waals surface area contributed by atoms with Crippen molar-refractivity contribution in [3.8, 4) is 0 Å². The largest absolute Gasteiger partial charge is 0.351 e. The summed E-state index contributed by atoms with van der Waals surface area (Å²) >= 11 is 0. The van der Waals surface area contributed by atoms with Crippen LogP contribution in [0.5, 0.6) is 0 Å². The lowest BCUT2D eigenvalue weighted by Crippen LogP contribution is -2.62. The number of H-pyrrole nitrogens is 1. The number of carbonyl (C=O) groups excluding carboxylic acids is 5. The van der Waals surface area contributed by atoms with Crippen molar-refractivity contribution in [2.75, 3.05) is 6.54 Å². The molecule has 0 saturated heterocycles. The quantitative estimate of drug-likeness (QED) is 0.0857. The highest BCUT2D eigenvalue weighted by Crippen LogP contribution is 2.32. The van der Waals surface area contributed by atoms with Crippen LogP contribution < -0.4 is 22.1 Å². The van der Waals surface area contributed by atoms with Crippen LogP contribution in [-0.4, -0.2) is 63.8 Å². The van der Waals surface area contributed by atoms with Gasteiger partial charge < -0.3 is 27.1 Å². The predicted molar refractivity (Wildman–Crippen MR) is 174 cm³/mol. The molecule has 46 heavy (non-hydrogen) atoms. The SMILES string of the molecule is NCCCC[C@H](N)C(=O)N[C@@H](Cc1c[nH]cn1)C(=O)N[C@]([C]=O)(CC1CCCCC1)C(=O)c1cccc(C(=O)c2ccccc2)c1. The van der Waals surface area contributed by atoms with Crippen molar-refractivity contribution in [2.24, 2.45) is 17.4 Å². The maximum atomic E-state index is 14.3. The Labute approximate surface area is 269 Å². The van der Waals surface area contributed by atoms with Crippen molar-refractivity contribution >= 4 is 29.7 Å². The van der Waals surface area contributed by atoms with E-state index in [-0.39, 0.29) is 35.7 Å².